The minimum atomic E-state index is -1.09. The molecule has 1 aromatic rings. The molecule has 1 aromatic carbocycles. The smallest absolute Gasteiger partial charge is 0.328 e. The van der Waals surface area contributed by atoms with Gasteiger partial charge in [-0.3, -0.25) is 24.1 Å². The third-order valence-electron chi connectivity index (χ3n) is 5.86. The van der Waals surface area contributed by atoms with Crippen LogP contribution in [0.25, 0.3) is 0 Å². The van der Waals surface area contributed by atoms with Gasteiger partial charge < -0.3 is 15.4 Å². The number of hydrogen-bond donors (Lipinski definition) is 2. The highest BCUT2D eigenvalue weighted by atomic mass is 16.5. The fraction of sp³-hybridized carbons (Fsp3) is 0.522. The van der Waals surface area contributed by atoms with Crippen LogP contribution in [-0.2, 0) is 19.1 Å². The number of benzene rings is 1. The number of rotatable bonds is 8. The van der Waals surface area contributed by atoms with Crippen LogP contribution in [0.4, 0.5) is 0 Å². The van der Waals surface area contributed by atoms with Gasteiger partial charge in [0.2, 0.25) is 11.8 Å². The lowest BCUT2D eigenvalue weighted by atomic mass is 9.91. The second-order valence-electron chi connectivity index (χ2n) is 8.62. The van der Waals surface area contributed by atoms with Crippen molar-refractivity contribution in [3.8, 4) is 0 Å². The molecule has 0 aliphatic carbocycles. The summed E-state index contributed by atoms with van der Waals surface area (Å²) in [6.45, 7) is 4.34. The Bertz CT molecular complexity index is 893. The third-order valence-corrected chi connectivity index (χ3v) is 5.86. The van der Waals surface area contributed by atoms with E-state index in [9.17, 15) is 24.0 Å². The van der Waals surface area contributed by atoms with E-state index in [-0.39, 0.29) is 35.8 Å². The van der Waals surface area contributed by atoms with Gasteiger partial charge in [0, 0.05) is 12.5 Å². The van der Waals surface area contributed by atoms with E-state index in [0.717, 1.165) is 11.3 Å². The zero-order valence-corrected chi connectivity index (χ0v) is 18.6. The molecule has 9 heteroatoms. The van der Waals surface area contributed by atoms with Gasteiger partial charge in [0.05, 0.1) is 18.2 Å². The van der Waals surface area contributed by atoms with E-state index in [1.165, 1.54) is 7.11 Å². The van der Waals surface area contributed by atoms with Crippen LogP contribution < -0.4 is 10.6 Å². The monoisotopic (exact) mass is 443 g/mol. The van der Waals surface area contributed by atoms with Crippen LogP contribution in [-0.4, -0.2) is 60.2 Å². The Morgan fingerprint density at radius 1 is 1.16 bits per heavy atom. The number of methoxy groups -OCH3 is 1. The van der Waals surface area contributed by atoms with E-state index in [0.29, 0.717) is 13.0 Å². The highest BCUT2D eigenvalue weighted by Gasteiger charge is 2.43. The first-order chi connectivity index (χ1) is 15.2. The zero-order valence-electron chi connectivity index (χ0n) is 18.6. The van der Waals surface area contributed by atoms with Gasteiger partial charge in [0.25, 0.3) is 11.8 Å². The Balaban J connectivity index is 1.83. The molecule has 172 valence electrons. The Morgan fingerprint density at radius 3 is 2.31 bits per heavy atom. The van der Waals surface area contributed by atoms with Crippen LogP contribution in [0.1, 0.15) is 60.2 Å². The molecule has 0 spiro atoms. The molecule has 1 fully saturated rings. The largest absolute Gasteiger partial charge is 0.467 e. The first kappa shape index (κ1) is 23.4. The molecule has 2 aliphatic rings. The number of carbonyl (C=O) groups is 5. The summed E-state index contributed by atoms with van der Waals surface area (Å²) in [7, 11) is 1.21. The summed E-state index contributed by atoms with van der Waals surface area (Å²) < 4.78 is 4.84. The average Bonchev–Trinajstić information content (AvgIpc) is 3.02. The number of imide groups is 1. The lowest BCUT2D eigenvalue weighted by molar-refractivity contribution is -0.146. The lowest BCUT2D eigenvalue weighted by Gasteiger charge is -2.30. The predicted molar refractivity (Wildman–Crippen MR) is 114 cm³/mol. The van der Waals surface area contributed by atoms with Crippen molar-refractivity contribution in [2.45, 2.75) is 51.6 Å². The predicted octanol–water partition coefficient (Wildman–Crippen LogP) is 1.27. The summed E-state index contributed by atoms with van der Waals surface area (Å²) in [5.74, 6) is -2.98. The normalized spacial score (nSPS) is 19.9. The van der Waals surface area contributed by atoms with Crippen molar-refractivity contribution in [2.75, 3.05) is 13.7 Å². The molecule has 0 bridgehead atoms. The number of amides is 4. The Hall–Kier alpha value is -3.23. The number of carbonyl (C=O) groups excluding carboxylic acids is 5. The van der Waals surface area contributed by atoms with Crippen molar-refractivity contribution in [2.24, 2.45) is 11.8 Å². The standard InChI is InChI=1S/C23H29N3O6/c1-13(2)11-18(26-21(29)15-8-4-5-9-16(15)22(26)30)20(28)25-17(23(31)32-3)12-14-7-6-10-24-19(14)27/h4-5,8-9,13-14,17-18H,6-7,10-12H2,1-3H3,(H,24,27)(H,25,28)/t14-,17-,18-/m0/s1. The van der Waals surface area contributed by atoms with Gasteiger partial charge in [-0.2, -0.15) is 0 Å². The molecule has 32 heavy (non-hydrogen) atoms. The topological polar surface area (TPSA) is 122 Å². The highest BCUT2D eigenvalue weighted by molar-refractivity contribution is 6.22. The summed E-state index contributed by atoms with van der Waals surface area (Å²) in [6, 6.07) is 4.28. The van der Waals surface area contributed by atoms with Gasteiger partial charge >= 0.3 is 5.97 Å². The van der Waals surface area contributed by atoms with Gasteiger partial charge in [-0.15, -0.1) is 0 Å². The minimum absolute atomic E-state index is 0.00392. The SMILES string of the molecule is COC(=O)[C@H](C[C@@H]1CCCNC1=O)NC(=O)[C@H](CC(C)C)N1C(=O)c2ccccc2C1=O. The maximum Gasteiger partial charge on any atom is 0.328 e. The minimum Gasteiger partial charge on any atom is -0.467 e. The Labute approximate surface area is 186 Å². The quantitative estimate of drug-likeness (QED) is 0.461. The molecule has 1 saturated heterocycles. The van der Waals surface area contributed by atoms with Crippen molar-refractivity contribution in [3.05, 3.63) is 35.4 Å². The molecule has 2 aliphatic heterocycles. The molecule has 2 N–H and O–H groups in total. The molecule has 3 atom stereocenters. The summed E-state index contributed by atoms with van der Waals surface area (Å²) in [5.41, 5.74) is 0.505. The third kappa shape index (κ3) is 4.81. The summed E-state index contributed by atoms with van der Waals surface area (Å²) in [4.78, 5) is 64.7. The lowest BCUT2D eigenvalue weighted by Crippen LogP contribution is -2.54. The number of piperidine rings is 1. The van der Waals surface area contributed by atoms with E-state index < -0.39 is 41.7 Å². The summed E-state index contributed by atoms with van der Waals surface area (Å²) in [5, 5.41) is 5.41. The van der Waals surface area contributed by atoms with Gasteiger partial charge in [-0.1, -0.05) is 26.0 Å². The number of esters is 1. The number of fused-ring (bicyclic) bond motifs is 1. The van der Waals surface area contributed by atoms with Crippen LogP contribution in [0.2, 0.25) is 0 Å². The molecule has 9 nitrogen and oxygen atoms in total. The second kappa shape index (κ2) is 9.93. The fourth-order valence-corrected chi connectivity index (χ4v) is 4.24. The van der Waals surface area contributed by atoms with E-state index in [1.807, 2.05) is 13.8 Å². The van der Waals surface area contributed by atoms with Crippen LogP contribution in [0.3, 0.4) is 0 Å². The van der Waals surface area contributed by atoms with E-state index in [1.54, 1.807) is 24.3 Å². The molecule has 3 rings (SSSR count). The number of nitrogens with one attached hydrogen (secondary N) is 2. The van der Waals surface area contributed by atoms with Gasteiger partial charge in [0.15, 0.2) is 0 Å². The number of nitrogens with zero attached hydrogens (tertiary/aromatic N) is 1. The van der Waals surface area contributed by atoms with E-state index >= 15 is 0 Å². The average molecular weight is 444 g/mol. The van der Waals surface area contributed by atoms with Crippen LogP contribution in [0.15, 0.2) is 24.3 Å². The Morgan fingerprint density at radius 2 is 1.78 bits per heavy atom. The van der Waals surface area contributed by atoms with Gasteiger partial charge in [0.1, 0.15) is 12.1 Å². The van der Waals surface area contributed by atoms with Gasteiger partial charge in [-0.25, -0.2) is 4.79 Å². The van der Waals surface area contributed by atoms with E-state index in [2.05, 4.69) is 10.6 Å². The molecule has 2 heterocycles. The van der Waals surface area contributed by atoms with Crippen LogP contribution in [0, 0.1) is 11.8 Å². The molecular weight excluding hydrogens is 414 g/mol. The summed E-state index contributed by atoms with van der Waals surface area (Å²) >= 11 is 0. The highest BCUT2D eigenvalue weighted by Crippen LogP contribution is 2.27. The zero-order chi connectivity index (χ0) is 23.4. The summed E-state index contributed by atoms with van der Waals surface area (Å²) in [6.07, 6.45) is 1.70. The maximum absolute atomic E-state index is 13.3. The Kier molecular flexibility index (Phi) is 7.27. The van der Waals surface area contributed by atoms with E-state index in [4.69, 9.17) is 4.74 Å². The van der Waals surface area contributed by atoms with Crippen LogP contribution >= 0.6 is 0 Å². The van der Waals surface area contributed by atoms with Crippen LogP contribution in [0.5, 0.6) is 0 Å². The van der Waals surface area contributed by atoms with Gasteiger partial charge in [-0.05, 0) is 43.7 Å². The molecule has 4 amide bonds. The molecular formula is C23H29N3O6. The molecule has 0 radical (unpaired) electrons. The van der Waals surface area contributed by atoms with Crippen molar-refractivity contribution < 1.29 is 28.7 Å². The molecule has 0 aromatic heterocycles. The first-order valence-corrected chi connectivity index (χ1v) is 10.9. The van der Waals surface area contributed by atoms with Crippen molar-refractivity contribution in [3.63, 3.8) is 0 Å². The number of ether oxygens (including phenoxy) is 1. The first-order valence-electron chi connectivity index (χ1n) is 10.9. The van der Waals surface area contributed by atoms with Crippen molar-refractivity contribution >= 4 is 29.6 Å². The molecule has 0 unspecified atom stereocenters. The van der Waals surface area contributed by atoms with Crippen molar-refractivity contribution in [1.82, 2.24) is 15.5 Å². The van der Waals surface area contributed by atoms with Crippen molar-refractivity contribution in [1.29, 1.82) is 0 Å². The number of hydrogen-bond acceptors (Lipinski definition) is 6. The fourth-order valence-electron chi connectivity index (χ4n) is 4.24. The second-order valence-corrected chi connectivity index (χ2v) is 8.62. The maximum atomic E-state index is 13.3. The molecule has 0 saturated carbocycles.